The lowest BCUT2D eigenvalue weighted by Crippen LogP contribution is -2.50. The van der Waals surface area contributed by atoms with Gasteiger partial charge in [0.2, 0.25) is 15.9 Å². The van der Waals surface area contributed by atoms with Crippen LogP contribution in [0, 0.1) is 0 Å². The van der Waals surface area contributed by atoms with Crippen molar-refractivity contribution in [2.45, 2.75) is 49.1 Å². The number of carbonyl (C=O) groups excluding carboxylic acids is 1. The Morgan fingerprint density at radius 2 is 1.70 bits per heavy atom. The molecular weight excluding hydrogens is 449 g/mol. The third-order valence-corrected chi connectivity index (χ3v) is 8.38. The van der Waals surface area contributed by atoms with Crippen molar-refractivity contribution in [3.8, 4) is 0 Å². The van der Waals surface area contributed by atoms with Gasteiger partial charge >= 0.3 is 0 Å². The van der Waals surface area contributed by atoms with E-state index in [0.29, 0.717) is 25.2 Å². The van der Waals surface area contributed by atoms with Gasteiger partial charge in [0.25, 0.3) is 0 Å². The van der Waals surface area contributed by atoms with Gasteiger partial charge in [0.15, 0.2) is 0 Å². The summed E-state index contributed by atoms with van der Waals surface area (Å²) in [5.74, 6) is -0.0421. The molecule has 0 radical (unpaired) electrons. The van der Waals surface area contributed by atoms with Crippen molar-refractivity contribution in [3.05, 3.63) is 28.2 Å². The normalized spacial score (nSPS) is 19.9. The van der Waals surface area contributed by atoms with E-state index in [2.05, 4.69) is 9.62 Å². The summed E-state index contributed by atoms with van der Waals surface area (Å²) in [4.78, 5) is 16.7. The van der Waals surface area contributed by atoms with Crippen LogP contribution in [0.4, 0.5) is 0 Å². The van der Waals surface area contributed by atoms with Crippen LogP contribution in [0.25, 0.3) is 0 Å². The number of halogens is 2. The van der Waals surface area contributed by atoms with E-state index in [-0.39, 0.29) is 33.8 Å². The van der Waals surface area contributed by atoms with E-state index in [9.17, 15) is 13.2 Å². The van der Waals surface area contributed by atoms with Crippen LogP contribution in [0.2, 0.25) is 10.0 Å². The molecule has 2 heterocycles. The van der Waals surface area contributed by atoms with Crippen molar-refractivity contribution in [3.63, 3.8) is 0 Å². The standard InChI is InChI=1S/C20H29Cl2N3O4S/c1-29-16-8-13-24(14-9-16)15-6-11-25(12-7-15)19(26)5-10-23-30(27,28)20-17(21)3-2-4-18(20)22/h2-4,15-16,23H,5-14H2,1H3. The third-order valence-electron chi connectivity index (χ3n) is 5.96. The lowest BCUT2D eigenvalue weighted by molar-refractivity contribution is -0.132. The number of carbonyl (C=O) groups is 1. The first kappa shape index (κ1) is 23.8. The number of likely N-dealkylation sites (tertiary alicyclic amines) is 2. The second-order valence-electron chi connectivity index (χ2n) is 7.78. The van der Waals surface area contributed by atoms with Gasteiger partial charge in [-0.15, -0.1) is 0 Å². The summed E-state index contributed by atoms with van der Waals surface area (Å²) < 4.78 is 32.8. The third kappa shape index (κ3) is 5.87. The van der Waals surface area contributed by atoms with E-state index in [1.54, 1.807) is 13.2 Å². The number of ether oxygens (including phenoxy) is 1. The molecule has 0 unspecified atom stereocenters. The monoisotopic (exact) mass is 477 g/mol. The molecule has 1 aromatic carbocycles. The highest BCUT2D eigenvalue weighted by Gasteiger charge is 2.29. The van der Waals surface area contributed by atoms with E-state index in [4.69, 9.17) is 27.9 Å². The minimum Gasteiger partial charge on any atom is -0.381 e. The predicted octanol–water partition coefficient (Wildman–Crippen LogP) is 2.76. The molecule has 1 N–H and O–H groups in total. The van der Waals surface area contributed by atoms with Crippen LogP contribution in [0.15, 0.2) is 23.1 Å². The maximum Gasteiger partial charge on any atom is 0.243 e. The average Bonchev–Trinajstić information content (AvgIpc) is 2.73. The first-order chi connectivity index (χ1) is 14.3. The Morgan fingerprint density at radius 1 is 1.10 bits per heavy atom. The zero-order valence-electron chi connectivity index (χ0n) is 17.1. The molecule has 168 valence electrons. The number of hydrogen-bond donors (Lipinski definition) is 1. The largest absolute Gasteiger partial charge is 0.381 e. The molecule has 1 aromatic rings. The number of nitrogens with zero attached hydrogens (tertiary/aromatic N) is 2. The van der Waals surface area contributed by atoms with Gasteiger partial charge in [0.1, 0.15) is 4.90 Å². The van der Waals surface area contributed by atoms with Gasteiger partial charge in [-0.05, 0) is 37.8 Å². The van der Waals surface area contributed by atoms with Gasteiger partial charge in [-0.3, -0.25) is 4.79 Å². The van der Waals surface area contributed by atoms with E-state index >= 15 is 0 Å². The Balaban J connectivity index is 1.43. The molecule has 2 saturated heterocycles. The fourth-order valence-corrected chi connectivity index (χ4v) is 6.39. The van der Waals surface area contributed by atoms with Crippen molar-refractivity contribution in [1.82, 2.24) is 14.5 Å². The first-order valence-corrected chi connectivity index (χ1v) is 12.5. The molecule has 0 bridgehead atoms. The minimum absolute atomic E-state index is 0.00712. The molecule has 10 heteroatoms. The van der Waals surface area contributed by atoms with Gasteiger partial charge in [0.05, 0.1) is 16.1 Å². The van der Waals surface area contributed by atoms with Gasteiger partial charge in [0, 0.05) is 52.3 Å². The minimum atomic E-state index is -3.88. The van der Waals surface area contributed by atoms with Crippen molar-refractivity contribution >= 4 is 39.1 Å². The Morgan fingerprint density at radius 3 is 2.27 bits per heavy atom. The fraction of sp³-hybridized carbons (Fsp3) is 0.650. The number of hydrogen-bond acceptors (Lipinski definition) is 5. The molecule has 0 aromatic heterocycles. The van der Waals surface area contributed by atoms with Crippen LogP contribution in [0.1, 0.15) is 32.1 Å². The SMILES string of the molecule is COC1CCN(C2CCN(C(=O)CCNS(=O)(=O)c3c(Cl)cccc3Cl)CC2)CC1. The molecule has 3 rings (SSSR count). The van der Waals surface area contributed by atoms with Gasteiger partial charge in [-0.2, -0.15) is 0 Å². The number of rotatable bonds is 7. The van der Waals surface area contributed by atoms with Gasteiger partial charge < -0.3 is 14.5 Å². The van der Waals surface area contributed by atoms with Crippen LogP contribution in [-0.4, -0.2) is 76.1 Å². The molecule has 30 heavy (non-hydrogen) atoms. The summed E-state index contributed by atoms with van der Waals surface area (Å²) in [5.41, 5.74) is 0. The van der Waals surface area contributed by atoms with Crippen molar-refractivity contribution in [2.75, 3.05) is 39.8 Å². The van der Waals surface area contributed by atoms with E-state index in [1.165, 1.54) is 12.1 Å². The van der Waals surface area contributed by atoms with Crippen molar-refractivity contribution in [1.29, 1.82) is 0 Å². The molecule has 1 amide bonds. The predicted molar refractivity (Wildman–Crippen MR) is 117 cm³/mol. The highest BCUT2D eigenvalue weighted by atomic mass is 35.5. The Hall–Kier alpha value is -0.900. The fourth-order valence-electron chi connectivity index (χ4n) is 4.22. The molecule has 0 spiro atoms. The number of benzene rings is 1. The van der Waals surface area contributed by atoms with Crippen LogP contribution < -0.4 is 4.72 Å². The second kappa shape index (κ2) is 10.6. The van der Waals surface area contributed by atoms with E-state index in [0.717, 1.165) is 38.8 Å². The zero-order valence-corrected chi connectivity index (χ0v) is 19.5. The maximum atomic E-state index is 12.5. The zero-order chi connectivity index (χ0) is 21.7. The summed E-state index contributed by atoms with van der Waals surface area (Å²) >= 11 is 12.0. The Labute approximate surface area is 188 Å². The second-order valence-corrected chi connectivity index (χ2v) is 10.3. The lowest BCUT2D eigenvalue weighted by Gasteiger charge is -2.41. The highest BCUT2D eigenvalue weighted by molar-refractivity contribution is 7.89. The smallest absolute Gasteiger partial charge is 0.243 e. The van der Waals surface area contributed by atoms with E-state index < -0.39 is 10.0 Å². The lowest BCUT2D eigenvalue weighted by atomic mass is 9.98. The molecule has 2 aliphatic heterocycles. The molecule has 2 aliphatic rings. The quantitative estimate of drug-likeness (QED) is 0.652. The summed E-state index contributed by atoms with van der Waals surface area (Å²) in [5, 5.41) is 0.107. The number of piperidine rings is 2. The summed E-state index contributed by atoms with van der Waals surface area (Å²) in [7, 11) is -2.11. The Kier molecular flexibility index (Phi) is 8.40. The molecule has 0 atom stereocenters. The van der Waals surface area contributed by atoms with Gasteiger partial charge in [-0.25, -0.2) is 13.1 Å². The van der Waals surface area contributed by atoms with Crippen molar-refractivity contribution in [2.24, 2.45) is 0 Å². The first-order valence-electron chi connectivity index (χ1n) is 10.3. The van der Waals surface area contributed by atoms with Crippen LogP contribution in [0.3, 0.4) is 0 Å². The van der Waals surface area contributed by atoms with Crippen molar-refractivity contribution < 1.29 is 17.9 Å². The summed E-state index contributed by atoms with van der Waals surface area (Å²) in [6, 6.07) is 5.02. The number of methoxy groups -OCH3 is 1. The molecule has 2 fully saturated rings. The van der Waals surface area contributed by atoms with Gasteiger partial charge in [-0.1, -0.05) is 29.3 Å². The average molecular weight is 478 g/mol. The topological polar surface area (TPSA) is 79.0 Å². The van der Waals surface area contributed by atoms with Crippen LogP contribution in [-0.2, 0) is 19.6 Å². The molecule has 0 saturated carbocycles. The molecular formula is C20H29Cl2N3O4S. The highest BCUT2D eigenvalue weighted by Crippen LogP contribution is 2.28. The summed E-state index contributed by atoms with van der Waals surface area (Å²) in [6.07, 6.45) is 4.49. The summed E-state index contributed by atoms with van der Waals surface area (Å²) in [6.45, 7) is 3.51. The molecule has 0 aliphatic carbocycles. The number of nitrogens with one attached hydrogen (secondary N) is 1. The van der Waals surface area contributed by atoms with Crippen LogP contribution in [0.5, 0.6) is 0 Å². The molecule has 7 nitrogen and oxygen atoms in total. The Bertz CT molecular complexity index is 816. The number of sulfonamides is 1. The maximum absolute atomic E-state index is 12.5. The van der Waals surface area contributed by atoms with Crippen LogP contribution >= 0.6 is 23.2 Å². The van der Waals surface area contributed by atoms with E-state index in [1.807, 2.05) is 4.90 Å². The number of amides is 1.